The molecule has 1 fully saturated rings. The van der Waals surface area contributed by atoms with Gasteiger partial charge in [-0.2, -0.15) is 0 Å². The maximum absolute atomic E-state index is 12.9. The van der Waals surface area contributed by atoms with Crippen molar-refractivity contribution < 1.29 is 17.5 Å². The fourth-order valence-electron chi connectivity index (χ4n) is 2.15. The lowest BCUT2D eigenvalue weighted by Crippen LogP contribution is -2.40. The van der Waals surface area contributed by atoms with Crippen molar-refractivity contribution in [3.05, 3.63) is 24.0 Å². The van der Waals surface area contributed by atoms with Crippen molar-refractivity contribution in [3.63, 3.8) is 0 Å². The van der Waals surface area contributed by atoms with E-state index in [0.29, 0.717) is 6.61 Å². The maximum Gasteiger partial charge on any atom is 0.242 e. The Morgan fingerprint density at radius 3 is 2.84 bits per heavy atom. The van der Waals surface area contributed by atoms with Crippen LogP contribution in [0.25, 0.3) is 0 Å². The molecular formula is C12H17FN2O3S. The second-order valence-electron chi connectivity index (χ2n) is 4.64. The molecule has 1 aliphatic heterocycles. The number of halogens is 1. The highest BCUT2D eigenvalue weighted by Gasteiger charge is 2.27. The van der Waals surface area contributed by atoms with E-state index in [0.717, 1.165) is 31.0 Å². The number of ether oxygens (including phenoxy) is 1. The normalized spacial score (nSPS) is 21.5. The summed E-state index contributed by atoms with van der Waals surface area (Å²) in [4.78, 5) is -0.112. The summed E-state index contributed by atoms with van der Waals surface area (Å²) in [6, 6.07) is 2.87. The molecule has 1 saturated heterocycles. The molecule has 106 valence electrons. The molecule has 3 N–H and O–H groups in total. The van der Waals surface area contributed by atoms with E-state index in [-0.39, 0.29) is 22.7 Å². The minimum Gasteiger partial charge on any atom is -0.398 e. The average Bonchev–Trinajstić information content (AvgIpc) is 2.80. The highest BCUT2D eigenvalue weighted by molar-refractivity contribution is 7.89. The second-order valence-corrected chi connectivity index (χ2v) is 6.33. The minimum atomic E-state index is -3.77. The van der Waals surface area contributed by atoms with Gasteiger partial charge in [0.2, 0.25) is 10.0 Å². The summed E-state index contributed by atoms with van der Waals surface area (Å²) in [5, 5.41) is 0. The van der Waals surface area contributed by atoms with Crippen LogP contribution in [0.2, 0.25) is 0 Å². The number of hydrogen-bond acceptors (Lipinski definition) is 4. The largest absolute Gasteiger partial charge is 0.398 e. The molecule has 2 atom stereocenters. The summed E-state index contributed by atoms with van der Waals surface area (Å²) < 4.78 is 45.2. The Hall–Kier alpha value is -1.18. The van der Waals surface area contributed by atoms with Crippen LogP contribution in [-0.4, -0.2) is 27.2 Å². The molecule has 1 aliphatic rings. The van der Waals surface area contributed by atoms with Crippen LogP contribution in [-0.2, 0) is 14.8 Å². The molecule has 0 saturated carbocycles. The number of nitrogens with one attached hydrogen (secondary N) is 1. The summed E-state index contributed by atoms with van der Waals surface area (Å²) >= 11 is 0. The monoisotopic (exact) mass is 288 g/mol. The van der Waals surface area contributed by atoms with Gasteiger partial charge in [-0.25, -0.2) is 17.5 Å². The van der Waals surface area contributed by atoms with Crippen molar-refractivity contribution in [2.45, 2.75) is 36.8 Å². The van der Waals surface area contributed by atoms with Gasteiger partial charge in [-0.1, -0.05) is 0 Å². The van der Waals surface area contributed by atoms with Gasteiger partial charge in [0.25, 0.3) is 0 Å². The zero-order chi connectivity index (χ0) is 14.0. The molecule has 1 aromatic rings. The zero-order valence-electron chi connectivity index (χ0n) is 10.6. The SMILES string of the molecule is CC(NS(=O)(=O)c1ccc(F)cc1N)C1CCCO1. The Morgan fingerprint density at radius 2 is 2.26 bits per heavy atom. The predicted molar refractivity (Wildman–Crippen MR) is 69.6 cm³/mol. The lowest BCUT2D eigenvalue weighted by molar-refractivity contribution is 0.0902. The fourth-order valence-corrected chi connectivity index (χ4v) is 3.53. The van der Waals surface area contributed by atoms with Crippen LogP contribution in [0.15, 0.2) is 23.1 Å². The first-order chi connectivity index (χ1) is 8.90. The van der Waals surface area contributed by atoms with E-state index in [4.69, 9.17) is 10.5 Å². The number of sulfonamides is 1. The quantitative estimate of drug-likeness (QED) is 0.817. The standard InChI is InChI=1S/C12H17FN2O3S/c1-8(11-3-2-6-18-11)15-19(16,17)12-5-4-9(13)7-10(12)14/h4-5,7-8,11,15H,2-3,6,14H2,1H3. The first kappa shape index (κ1) is 14.2. The van der Waals surface area contributed by atoms with Gasteiger partial charge in [0.15, 0.2) is 0 Å². The summed E-state index contributed by atoms with van der Waals surface area (Å²) in [5.41, 5.74) is 5.44. The van der Waals surface area contributed by atoms with Gasteiger partial charge < -0.3 is 10.5 Å². The lowest BCUT2D eigenvalue weighted by atomic mass is 10.1. The maximum atomic E-state index is 12.9. The van der Waals surface area contributed by atoms with E-state index in [9.17, 15) is 12.8 Å². The third-order valence-corrected chi connectivity index (χ3v) is 4.76. The molecule has 0 bridgehead atoms. The first-order valence-corrected chi connectivity index (χ1v) is 7.57. The van der Waals surface area contributed by atoms with E-state index in [1.165, 1.54) is 0 Å². The van der Waals surface area contributed by atoms with Gasteiger partial charge in [-0.3, -0.25) is 0 Å². The van der Waals surface area contributed by atoms with Crippen LogP contribution in [0.5, 0.6) is 0 Å². The molecule has 2 unspecified atom stereocenters. The summed E-state index contributed by atoms with van der Waals surface area (Å²) in [5.74, 6) is -0.566. The number of nitrogens with two attached hydrogens (primary N) is 1. The van der Waals surface area contributed by atoms with E-state index in [1.54, 1.807) is 6.92 Å². The van der Waals surface area contributed by atoms with Crippen LogP contribution in [0.4, 0.5) is 10.1 Å². The molecule has 2 rings (SSSR count). The Morgan fingerprint density at radius 1 is 1.53 bits per heavy atom. The summed E-state index contributed by atoms with van der Waals surface area (Å²) in [6.07, 6.45) is 1.62. The molecule has 19 heavy (non-hydrogen) atoms. The van der Waals surface area contributed by atoms with Crippen LogP contribution in [0.1, 0.15) is 19.8 Å². The number of anilines is 1. The highest BCUT2D eigenvalue weighted by atomic mass is 32.2. The number of nitrogen functional groups attached to an aromatic ring is 1. The van der Waals surface area contributed by atoms with Gasteiger partial charge in [0.05, 0.1) is 11.8 Å². The van der Waals surface area contributed by atoms with Crippen LogP contribution in [0, 0.1) is 5.82 Å². The molecule has 1 heterocycles. The number of benzene rings is 1. The van der Waals surface area contributed by atoms with Crippen molar-refractivity contribution in [2.75, 3.05) is 12.3 Å². The van der Waals surface area contributed by atoms with Crippen LogP contribution >= 0.6 is 0 Å². The van der Waals surface area contributed by atoms with Crippen molar-refractivity contribution in [3.8, 4) is 0 Å². The first-order valence-electron chi connectivity index (χ1n) is 6.09. The van der Waals surface area contributed by atoms with E-state index < -0.39 is 15.8 Å². The second kappa shape index (κ2) is 5.44. The molecule has 0 spiro atoms. The molecule has 0 aliphatic carbocycles. The minimum absolute atomic E-state index is 0.105. The molecule has 0 radical (unpaired) electrons. The Balaban J connectivity index is 2.17. The Labute approximate surface area is 112 Å². The Bertz CT molecular complexity index is 556. The molecule has 0 amide bonds. The smallest absolute Gasteiger partial charge is 0.242 e. The third-order valence-electron chi connectivity index (χ3n) is 3.12. The predicted octanol–water partition coefficient (Wildman–Crippen LogP) is 1.25. The zero-order valence-corrected chi connectivity index (χ0v) is 11.4. The van der Waals surface area contributed by atoms with Gasteiger partial charge in [0, 0.05) is 12.6 Å². The van der Waals surface area contributed by atoms with E-state index >= 15 is 0 Å². The lowest BCUT2D eigenvalue weighted by Gasteiger charge is -2.20. The van der Waals surface area contributed by atoms with Crippen molar-refractivity contribution in [1.82, 2.24) is 4.72 Å². The summed E-state index contributed by atoms with van der Waals surface area (Å²) in [6.45, 7) is 2.39. The average molecular weight is 288 g/mol. The number of rotatable bonds is 4. The topological polar surface area (TPSA) is 81.4 Å². The molecular weight excluding hydrogens is 271 g/mol. The Kier molecular flexibility index (Phi) is 4.07. The highest BCUT2D eigenvalue weighted by Crippen LogP contribution is 2.21. The van der Waals surface area contributed by atoms with Gasteiger partial charge in [-0.15, -0.1) is 0 Å². The fraction of sp³-hybridized carbons (Fsp3) is 0.500. The van der Waals surface area contributed by atoms with Gasteiger partial charge in [-0.05, 0) is 38.0 Å². The molecule has 5 nitrogen and oxygen atoms in total. The molecule has 1 aromatic carbocycles. The molecule has 0 aromatic heterocycles. The van der Waals surface area contributed by atoms with Crippen molar-refractivity contribution in [2.24, 2.45) is 0 Å². The van der Waals surface area contributed by atoms with Crippen LogP contribution in [0.3, 0.4) is 0 Å². The van der Waals surface area contributed by atoms with Crippen LogP contribution < -0.4 is 10.5 Å². The van der Waals surface area contributed by atoms with E-state index in [1.807, 2.05) is 0 Å². The number of hydrogen-bond donors (Lipinski definition) is 2. The van der Waals surface area contributed by atoms with Gasteiger partial charge >= 0.3 is 0 Å². The van der Waals surface area contributed by atoms with E-state index in [2.05, 4.69) is 4.72 Å². The van der Waals surface area contributed by atoms with Gasteiger partial charge in [0.1, 0.15) is 10.7 Å². The van der Waals surface area contributed by atoms with Crippen molar-refractivity contribution in [1.29, 1.82) is 0 Å². The molecule has 7 heteroatoms. The third kappa shape index (κ3) is 3.23. The summed E-state index contributed by atoms with van der Waals surface area (Å²) in [7, 11) is -3.77. The van der Waals surface area contributed by atoms with Crippen molar-refractivity contribution >= 4 is 15.7 Å².